The van der Waals surface area contributed by atoms with Crippen LogP contribution >= 0.6 is 11.6 Å². The molecule has 0 aliphatic carbocycles. The molecule has 1 atom stereocenters. The van der Waals surface area contributed by atoms with Crippen molar-refractivity contribution in [3.8, 4) is 11.8 Å². The number of hydrogen-bond donors (Lipinski definition) is 3. The predicted octanol–water partition coefficient (Wildman–Crippen LogP) is 3.44. The van der Waals surface area contributed by atoms with Crippen molar-refractivity contribution in [2.75, 3.05) is 63.4 Å². The Morgan fingerprint density at radius 1 is 1.02 bits per heavy atom. The topological polar surface area (TPSA) is 198 Å². The highest BCUT2D eigenvalue weighted by atomic mass is 35.5. The van der Waals surface area contributed by atoms with Crippen molar-refractivity contribution in [3.05, 3.63) is 59.2 Å². The molecule has 3 N–H and O–H groups in total. The van der Waals surface area contributed by atoms with Crippen LogP contribution in [0.2, 0.25) is 0 Å². The van der Waals surface area contributed by atoms with Gasteiger partial charge in [-0.1, -0.05) is 25.1 Å². The summed E-state index contributed by atoms with van der Waals surface area (Å²) >= 11 is 5.76. The van der Waals surface area contributed by atoms with E-state index in [1.54, 1.807) is 16.7 Å². The first kappa shape index (κ1) is 41.2. The number of carbonyl (C=O) groups excluding carboxylic acids is 4. The van der Waals surface area contributed by atoms with E-state index in [2.05, 4.69) is 33.6 Å². The molecule has 0 bridgehead atoms. The van der Waals surface area contributed by atoms with Crippen molar-refractivity contribution in [1.29, 1.82) is 0 Å². The third kappa shape index (κ3) is 11.0. The quantitative estimate of drug-likeness (QED) is 0.162. The van der Waals surface area contributed by atoms with Crippen LogP contribution in [0.15, 0.2) is 47.4 Å². The number of aromatic nitrogens is 2. The number of sulfonamides is 1. The molecule has 272 valence electrons. The predicted molar refractivity (Wildman–Crippen MR) is 189 cm³/mol. The van der Waals surface area contributed by atoms with E-state index in [-0.39, 0.29) is 46.8 Å². The third-order valence-electron chi connectivity index (χ3n) is 6.86. The standard InChI is InChI=1S/C17H20N6O7S.C15H22ClNO2/c1-23(2)15(25)11-6-5-10(18-9-24)7-12(11)31(27,28)22-17(26)21-16-19-13(29-3)8-14(20-16)30-4;1-5-13-8-6-7-11(2)15(13)17(14(18)9-16)12(3)10-19-4/h5-9H,1-4H3,(H,18,24)(H2,19,20,21,22,26);6-8,12H,5,9-10H2,1-4H3. The maximum Gasteiger partial charge on any atom is 0.335 e. The van der Waals surface area contributed by atoms with Gasteiger partial charge in [0.1, 0.15) is 10.8 Å². The molecule has 18 heteroatoms. The monoisotopic (exact) mass is 735 g/mol. The fourth-order valence-electron chi connectivity index (χ4n) is 4.61. The molecule has 1 unspecified atom stereocenters. The number of benzene rings is 2. The Labute approximate surface area is 296 Å². The number of methoxy groups -OCH3 is 3. The Kier molecular flexibility index (Phi) is 15.9. The van der Waals surface area contributed by atoms with E-state index in [1.165, 1.54) is 46.5 Å². The van der Waals surface area contributed by atoms with Crippen molar-refractivity contribution < 1.29 is 41.8 Å². The average Bonchev–Trinajstić information content (AvgIpc) is 3.08. The molecule has 0 fully saturated rings. The van der Waals surface area contributed by atoms with Crippen molar-refractivity contribution in [2.24, 2.45) is 0 Å². The number of aryl methyl sites for hydroxylation is 2. The van der Waals surface area contributed by atoms with Gasteiger partial charge in [0, 0.05) is 26.9 Å². The van der Waals surface area contributed by atoms with Crippen molar-refractivity contribution in [3.63, 3.8) is 0 Å². The zero-order chi connectivity index (χ0) is 37.6. The number of alkyl halides is 1. The van der Waals surface area contributed by atoms with Crippen LogP contribution in [0.5, 0.6) is 11.8 Å². The van der Waals surface area contributed by atoms with E-state index in [4.69, 9.17) is 25.8 Å². The number of nitrogens with one attached hydrogen (secondary N) is 3. The van der Waals surface area contributed by atoms with E-state index in [9.17, 15) is 27.6 Å². The third-order valence-corrected chi connectivity index (χ3v) is 8.46. The SMILES string of the molecule is CCc1cccc(C)c1N(C(=O)CCl)C(C)COC.COc1cc(OC)nc(NC(=O)NS(=O)(=O)c2cc(NC=O)ccc2C(=O)N(C)C)n1. The summed E-state index contributed by atoms with van der Waals surface area (Å²) in [5.74, 6) is -0.890. The summed E-state index contributed by atoms with van der Waals surface area (Å²) in [4.78, 5) is 57.7. The second-order valence-corrected chi connectivity index (χ2v) is 12.6. The lowest BCUT2D eigenvalue weighted by Crippen LogP contribution is -2.43. The number of rotatable bonds is 14. The molecule has 3 rings (SSSR count). The molecule has 0 spiro atoms. The number of anilines is 3. The number of amides is 5. The number of para-hydroxylation sites is 1. The summed E-state index contributed by atoms with van der Waals surface area (Å²) in [6.45, 7) is 6.56. The highest BCUT2D eigenvalue weighted by Gasteiger charge is 2.27. The number of halogens is 1. The minimum Gasteiger partial charge on any atom is -0.481 e. The van der Waals surface area contributed by atoms with Crippen LogP contribution in [-0.2, 0) is 30.8 Å². The summed E-state index contributed by atoms with van der Waals surface area (Å²) in [7, 11) is 2.63. The summed E-state index contributed by atoms with van der Waals surface area (Å²) in [5.41, 5.74) is 3.11. The van der Waals surface area contributed by atoms with Crippen LogP contribution in [0.4, 0.5) is 22.1 Å². The summed E-state index contributed by atoms with van der Waals surface area (Å²) in [6, 6.07) is 9.81. The average molecular weight is 736 g/mol. The molecule has 1 aromatic heterocycles. The Morgan fingerprint density at radius 2 is 1.66 bits per heavy atom. The first-order valence-corrected chi connectivity index (χ1v) is 17.0. The second-order valence-electron chi connectivity index (χ2n) is 10.6. The maximum absolute atomic E-state index is 12.8. The van der Waals surface area contributed by atoms with Gasteiger partial charge in [-0.15, -0.1) is 11.6 Å². The lowest BCUT2D eigenvalue weighted by atomic mass is 10.0. The van der Waals surface area contributed by atoms with Gasteiger partial charge in [0.2, 0.25) is 30.0 Å². The highest BCUT2D eigenvalue weighted by molar-refractivity contribution is 7.90. The largest absolute Gasteiger partial charge is 0.481 e. The zero-order valence-corrected chi connectivity index (χ0v) is 30.6. The van der Waals surface area contributed by atoms with Crippen LogP contribution in [0, 0.1) is 6.92 Å². The first-order chi connectivity index (χ1) is 23.7. The van der Waals surface area contributed by atoms with Crippen LogP contribution in [0.1, 0.15) is 35.3 Å². The van der Waals surface area contributed by atoms with E-state index < -0.39 is 26.9 Å². The van der Waals surface area contributed by atoms with Gasteiger partial charge >= 0.3 is 6.03 Å². The van der Waals surface area contributed by atoms with Gasteiger partial charge in [0.25, 0.3) is 15.9 Å². The lowest BCUT2D eigenvalue weighted by Gasteiger charge is -2.31. The minimum absolute atomic E-state index is 0.0223. The van der Waals surface area contributed by atoms with Gasteiger partial charge < -0.3 is 29.3 Å². The summed E-state index contributed by atoms with van der Waals surface area (Å²) < 4.78 is 42.5. The summed E-state index contributed by atoms with van der Waals surface area (Å²) in [5, 5.41) is 4.44. The molecule has 2 aromatic carbocycles. The van der Waals surface area contributed by atoms with Crippen LogP contribution in [0.25, 0.3) is 0 Å². The van der Waals surface area contributed by atoms with Crippen LogP contribution < -0.4 is 29.7 Å². The van der Waals surface area contributed by atoms with Crippen LogP contribution in [0.3, 0.4) is 0 Å². The Bertz CT molecular complexity index is 1750. The van der Waals surface area contributed by atoms with E-state index in [0.29, 0.717) is 13.0 Å². The zero-order valence-electron chi connectivity index (χ0n) is 29.1. The molecule has 3 aromatic rings. The van der Waals surface area contributed by atoms with Crippen molar-refractivity contribution in [1.82, 2.24) is 19.6 Å². The molecule has 5 amide bonds. The van der Waals surface area contributed by atoms with E-state index >= 15 is 0 Å². The fraction of sp³-hybridized carbons (Fsp3) is 0.375. The molecule has 0 saturated carbocycles. The number of urea groups is 1. The number of ether oxygens (including phenoxy) is 3. The minimum atomic E-state index is -4.54. The van der Waals surface area contributed by atoms with E-state index in [0.717, 1.165) is 34.2 Å². The fourth-order valence-corrected chi connectivity index (χ4v) is 5.87. The Morgan fingerprint density at radius 3 is 2.18 bits per heavy atom. The lowest BCUT2D eigenvalue weighted by molar-refractivity contribution is -0.117. The van der Waals surface area contributed by atoms with Crippen molar-refractivity contribution in [2.45, 2.75) is 38.1 Å². The van der Waals surface area contributed by atoms with Gasteiger partial charge in [-0.3, -0.25) is 19.7 Å². The first-order valence-electron chi connectivity index (χ1n) is 15.0. The number of hydrogen-bond acceptors (Lipinski definition) is 11. The Hall–Kier alpha value is -5.00. The highest BCUT2D eigenvalue weighted by Crippen LogP contribution is 2.28. The Balaban J connectivity index is 0.000000391. The molecule has 0 radical (unpaired) electrons. The molecule has 50 heavy (non-hydrogen) atoms. The summed E-state index contributed by atoms with van der Waals surface area (Å²) in [6.07, 6.45) is 1.22. The van der Waals surface area contributed by atoms with Crippen molar-refractivity contribution >= 4 is 63.2 Å². The molecule has 0 saturated heterocycles. The molecular formula is C32H42ClN7O9S. The smallest absolute Gasteiger partial charge is 0.335 e. The number of carbonyl (C=O) groups is 4. The second kappa shape index (κ2) is 19.3. The molecule has 16 nitrogen and oxygen atoms in total. The number of nitrogens with zero attached hydrogens (tertiary/aromatic N) is 4. The van der Waals surface area contributed by atoms with Crippen LogP contribution in [-0.4, -0.2) is 101 Å². The maximum atomic E-state index is 12.8. The molecular weight excluding hydrogens is 694 g/mol. The van der Waals surface area contributed by atoms with Gasteiger partial charge in [-0.25, -0.2) is 17.9 Å². The van der Waals surface area contributed by atoms with Gasteiger partial charge in [0.05, 0.1) is 44.2 Å². The van der Waals surface area contributed by atoms with Gasteiger partial charge in [0.15, 0.2) is 0 Å². The van der Waals surface area contributed by atoms with Gasteiger partial charge in [-0.05, 0) is 49.6 Å². The molecule has 1 heterocycles. The molecule has 0 aliphatic rings. The normalized spacial score (nSPS) is 11.2. The molecule has 0 aliphatic heterocycles. The van der Waals surface area contributed by atoms with Gasteiger partial charge in [-0.2, -0.15) is 9.97 Å². The van der Waals surface area contributed by atoms with E-state index in [1.807, 2.05) is 26.0 Å².